The van der Waals surface area contributed by atoms with E-state index in [1.807, 2.05) is 6.92 Å². The zero-order valence-corrected chi connectivity index (χ0v) is 11.1. The Morgan fingerprint density at radius 3 is 2.40 bits per heavy atom. The van der Waals surface area contributed by atoms with Gasteiger partial charge in [0, 0.05) is 19.1 Å². The van der Waals surface area contributed by atoms with E-state index < -0.39 is 11.7 Å². The Balaban J connectivity index is 1.87. The summed E-state index contributed by atoms with van der Waals surface area (Å²) in [6, 6.07) is 4.95. The van der Waals surface area contributed by atoms with Gasteiger partial charge in [-0.3, -0.25) is 4.79 Å². The molecule has 1 aliphatic rings. The van der Waals surface area contributed by atoms with Gasteiger partial charge in [0.1, 0.15) is 0 Å². The first-order valence-corrected chi connectivity index (χ1v) is 6.53. The maximum absolute atomic E-state index is 12.4. The fraction of sp³-hybridized carbons (Fsp3) is 0.500. The van der Waals surface area contributed by atoms with Crippen LogP contribution in [0.5, 0.6) is 0 Å². The molecule has 0 spiro atoms. The number of amides is 1. The molecule has 0 aromatic heterocycles. The van der Waals surface area contributed by atoms with Crippen LogP contribution >= 0.6 is 0 Å². The topological polar surface area (TPSA) is 41.1 Å². The van der Waals surface area contributed by atoms with E-state index in [4.69, 9.17) is 0 Å². The predicted octanol–water partition coefficient (Wildman–Crippen LogP) is 1.97. The molecule has 1 fully saturated rings. The van der Waals surface area contributed by atoms with Crippen LogP contribution in [0.15, 0.2) is 24.3 Å². The van der Waals surface area contributed by atoms with Gasteiger partial charge in [0.25, 0.3) is 0 Å². The first kappa shape index (κ1) is 14.8. The molecule has 0 saturated carbocycles. The van der Waals surface area contributed by atoms with Crippen molar-refractivity contribution in [2.75, 3.05) is 13.1 Å². The van der Waals surface area contributed by atoms with Gasteiger partial charge < -0.3 is 10.6 Å². The molecule has 1 aromatic rings. The molecule has 1 aromatic carbocycles. The fourth-order valence-corrected chi connectivity index (χ4v) is 2.07. The molecule has 2 rings (SSSR count). The van der Waals surface area contributed by atoms with Crippen LogP contribution in [0.4, 0.5) is 13.2 Å². The van der Waals surface area contributed by atoms with Crippen molar-refractivity contribution < 1.29 is 18.0 Å². The molecular weight excluding hydrogens is 269 g/mol. The molecule has 0 bridgehead atoms. The predicted molar refractivity (Wildman–Crippen MR) is 69.1 cm³/mol. The molecule has 1 unspecified atom stereocenters. The molecule has 1 saturated heterocycles. The van der Waals surface area contributed by atoms with E-state index in [9.17, 15) is 18.0 Å². The third-order valence-electron chi connectivity index (χ3n) is 3.36. The van der Waals surface area contributed by atoms with E-state index >= 15 is 0 Å². The second-order valence-corrected chi connectivity index (χ2v) is 5.16. The smallest absolute Gasteiger partial charge is 0.353 e. The van der Waals surface area contributed by atoms with E-state index in [1.165, 1.54) is 12.1 Å². The first-order chi connectivity index (χ1) is 9.36. The number of rotatable bonds is 4. The van der Waals surface area contributed by atoms with Gasteiger partial charge in [-0.2, -0.15) is 13.2 Å². The Bertz CT molecular complexity index is 466. The maximum Gasteiger partial charge on any atom is 0.416 e. The number of hydrogen-bond acceptors (Lipinski definition) is 2. The van der Waals surface area contributed by atoms with Crippen molar-refractivity contribution in [1.82, 2.24) is 10.6 Å². The summed E-state index contributed by atoms with van der Waals surface area (Å²) in [4.78, 5) is 11.7. The quantitative estimate of drug-likeness (QED) is 0.888. The Morgan fingerprint density at radius 1 is 1.35 bits per heavy atom. The monoisotopic (exact) mass is 286 g/mol. The molecule has 110 valence electrons. The van der Waals surface area contributed by atoms with E-state index in [1.54, 1.807) is 0 Å². The van der Waals surface area contributed by atoms with Gasteiger partial charge in [0.15, 0.2) is 0 Å². The number of carbonyl (C=O) groups is 1. The lowest BCUT2D eigenvalue weighted by atomic mass is 10.0. The number of benzene rings is 1. The van der Waals surface area contributed by atoms with Crippen LogP contribution in [0.2, 0.25) is 0 Å². The van der Waals surface area contributed by atoms with Gasteiger partial charge in [-0.15, -0.1) is 0 Å². The van der Waals surface area contributed by atoms with Crippen molar-refractivity contribution in [2.24, 2.45) is 5.92 Å². The molecule has 1 aliphatic heterocycles. The zero-order chi connectivity index (χ0) is 14.8. The van der Waals surface area contributed by atoms with E-state index in [-0.39, 0.29) is 17.9 Å². The van der Waals surface area contributed by atoms with Crippen LogP contribution in [0.3, 0.4) is 0 Å². The Morgan fingerprint density at radius 2 is 1.95 bits per heavy atom. The lowest BCUT2D eigenvalue weighted by Crippen LogP contribution is -2.52. The van der Waals surface area contributed by atoms with Crippen LogP contribution in [-0.4, -0.2) is 25.0 Å². The van der Waals surface area contributed by atoms with Crippen molar-refractivity contribution in [1.29, 1.82) is 0 Å². The SMILES string of the molecule is CC(Cc1ccc(C(F)(F)F)cc1)NC(=O)C1CNC1. The molecule has 1 amide bonds. The molecule has 6 heteroatoms. The van der Waals surface area contributed by atoms with Crippen LogP contribution in [0, 0.1) is 5.92 Å². The summed E-state index contributed by atoms with van der Waals surface area (Å²) in [5.74, 6) is 0.0215. The third-order valence-corrected chi connectivity index (χ3v) is 3.36. The number of hydrogen-bond donors (Lipinski definition) is 2. The summed E-state index contributed by atoms with van der Waals surface area (Å²) >= 11 is 0. The lowest BCUT2D eigenvalue weighted by molar-refractivity contribution is -0.137. The number of alkyl halides is 3. The zero-order valence-electron chi connectivity index (χ0n) is 11.1. The molecule has 0 aliphatic carbocycles. The largest absolute Gasteiger partial charge is 0.416 e. The van der Waals surface area contributed by atoms with Gasteiger partial charge in [0.05, 0.1) is 11.5 Å². The summed E-state index contributed by atoms with van der Waals surface area (Å²) in [5, 5.41) is 5.89. The van der Waals surface area contributed by atoms with Crippen LogP contribution in [0.25, 0.3) is 0 Å². The highest BCUT2D eigenvalue weighted by Gasteiger charge is 2.30. The van der Waals surface area contributed by atoms with E-state index in [0.29, 0.717) is 19.5 Å². The van der Waals surface area contributed by atoms with Crippen LogP contribution in [0.1, 0.15) is 18.1 Å². The Hall–Kier alpha value is -1.56. The van der Waals surface area contributed by atoms with Gasteiger partial charge in [-0.25, -0.2) is 0 Å². The fourth-order valence-electron chi connectivity index (χ4n) is 2.07. The van der Waals surface area contributed by atoms with Gasteiger partial charge in [-0.1, -0.05) is 12.1 Å². The maximum atomic E-state index is 12.4. The first-order valence-electron chi connectivity index (χ1n) is 6.53. The number of nitrogens with one attached hydrogen (secondary N) is 2. The van der Waals surface area contributed by atoms with Crippen molar-refractivity contribution in [3.8, 4) is 0 Å². The summed E-state index contributed by atoms with van der Waals surface area (Å²) in [6.07, 6.45) is -3.79. The Labute approximate surface area is 115 Å². The number of carbonyl (C=O) groups excluding carboxylic acids is 1. The average molecular weight is 286 g/mol. The van der Waals surface area contributed by atoms with Crippen molar-refractivity contribution in [3.05, 3.63) is 35.4 Å². The van der Waals surface area contributed by atoms with Crippen LogP contribution in [-0.2, 0) is 17.4 Å². The molecule has 20 heavy (non-hydrogen) atoms. The summed E-state index contributed by atoms with van der Waals surface area (Å²) < 4.78 is 37.3. The summed E-state index contributed by atoms with van der Waals surface area (Å²) in [6.45, 7) is 3.24. The second kappa shape index (κ2) is 5.83. The summed E-state index contributed by atoms with van der Waals surface area (Å²) in [7, 11) is 0. The molecule has 0 radical (unpaired) electrons. The van der Waals surface area contributed by atoms with Crippen molar-refractivity contribution in [3.63, 3.8) is 0 Å². The van der Waals surface area contributed by atoms with Crippen LogP contribution < -0.4 is 10.6 Å². The minimum absolute atomic E-state index is 0.00293. The normalized spacial score (nSPS) is 17.4. The second-order valence-electron chi connectivity index (χ2n) is 5.16. The standard InChI is InChI=1S/C14H17F3N2O/c1-9(19-13(20)11-7-18-8-11)6-10-2-4-12(5-3-10)14(15,16)17/h2-5,9,11,18H,6-8H2,1H3,(H,19,20). The van der Waals surface area contributed by atoms with E-state index in [2.05, 4.69) is 10.6 Å². The molecule has 1 heterocycles. The third kappa shape index (κ3) is 3.72. The highest BCUT2D eigenvalue weighted by atomic mass is 19.4. The van der Waals surface area contributed by atoms with Crippen molar-refractivity contribution >= 4 is 5.91 Å². The minimum atomic E-state index is -4.31. The van der Waals surface area contributed by atoms with Gasteiger partial charge in [0.2, 0.25) is 5.91 Å². The molecule has 1 atom stereocenters. The van der Waals surface area contributed by atoms with Gasteiger partial charge in [-0.05, 0) is 31.0 Å². The number of halogens is 3. The molecular formula is C14H17F3N2O. The highest BCUT2D eigenvalue weighted by Crippen LogP contribution is 2.29. The summed E-state index contributed by atoms with van der Waals surface area (Å²) in [5.41, 5.74) is 0.121. The molecule has 2 N–H and O–H groups in total. The van der Waals surface area contributed by atoms with Crippen molar-refractivity contribution in [2.45, 2.75) is 25.6 Å². The van der Waals surface area contributed by atoms with E-state index in [0.717, 1.165) is 17.7 Å². The average Bonchev–Trinajstić information content (AvgIpc) is 2.25. The molecule has 3 nitrogen and oxygen atoms in total. The minimum Gasteiger partial charge on any atom is -0.353 e. The lowest BCUT2D eigenvalue weighted by Gasteiger charge is -2.27. The van der Waals surface area contributed by atoms with Gasteiger partial charge >= 0.3 is 6.18 Å². The highest BCUT2D eigenvalue weighted by molar-refractivity contribution is 5.80. The Kier molecular flexibility index (Phi) is 4.32.